The number of Topliss-reactive ketones (excluding diaryl/α,β-unsaturated/α-hetero) is 1. The number of carbonyl (C=O) groups excluding carboxylic acids is 2. The minimum Gasteiger partial charge on any atom is -0.494 e. The zero-order valence-electron chi connectivity index (χ0n) is 25.4. The fraction of sp³-hybridized carbons (Fsp3) is 0.419. The highest BCUT2D eigenvalue weighted by atomic mass is 19.4. The molecule has 2 aliphatic rings. The fourth-order valence-corrected chi connectivity index (χ4v) is 5.43. The number of ketones is 1. The van der Waals surface area contributed by atoms with Crippen LogP contribution < -0.4 is 20.3 Å². The molecule has 2 aromatic carbocycles. The average Bonchev–Trinajstić information content (AvgIpc) is 3.04. The molecule has 1 amide bonds. The van der Waals surface area contributed by atoms with E-state index in [1.807, 2.05) is 12.1 Å². The number of rotatable bonds is 9. The van der Waals surface area contributed by atoms with Crippen molar-refractivity contribution in [2.24, 2.45) is 0 Å². The first-order chi connectivity index (χ1) is 21.5. The number of methoxy groups -OCH3 is 1. The Hall–Kier alpha value is -4.43. The van der Waals surface area contributed by atoms with Crippen molar-refractivity contribution in [2.75, 3.05) is 76.1 Å². The minimum atomic E-state index is -4.80. The normalized spacial score (nSPS) is 16.1. The van der Waals surface area contributed by atoms with Gasteiger partial charge in [-0.1, -0.05) is 12.1 Å². The number of benzene rings is 2. The lowest BCUT2D eigenvalue weighted by Gasteiger charge is -2.36. The third kappa shape index (κ3) is 7.45. The molecule has 240 valence electrons. The first-order valence-electron chi connectivity index (χ1n) is 14.6. The van der Waals surface area contributed by atoms with E-state index >= 15 is 0 Å². The molecule has 0 saturated carbocycles. The molecule has 45 heavy (non-hydrogen) atoms. The average molecular weight is 628 g/mol. The Morgan fingerprint density at radius 3 is 2.38 bits per heavy atom. The summed E-state index contributed by atoms with van der Waals surface area (Å²) in [5.74, 6) is -1.85. The maximum atomic E-state index is 14.0. The van der Waals surface area contributed by atoms with Crippen molar-refractivity contribution in [3.8, 4) is 5.75 Å². The van der Waals surface area contributed by atoms with Gasteiger partial charge in [0.15, 0.2) is 0 Å². The molecule has 11 nitrogen and oxygen atoms in total. The maximum absolute atomic E-state index is 14.0. The number of anilines is 5. The number of piperidine rings is 1. The molecular weight excluding hydrogens is 591 g/mol. The van der Waals surface area contributed by atoms with Gasteiger partial charge in [-0.3, -0.25) is 9.59 Å². The van der Waals surface area contributed by atoms with Crippen molar-refractivity contribution in [3.63, 3.8) is 0 Å². The van der Waals surface area contributed by atoms with Crippen LogP contribution in [0.1, 0.15) is 28.8 Å². The highest BCUT2D eigenvalue weighted by Crippen LogP contribution is 2.37. The van der Waals surface area contributed by atoms with Gasteiger partial charge in [-0.25, -0.2) is 4.98 Å². The van der Waals surface area contributed by atoms with Crippen LogP contribution in [-0.2, 0) is 15.7 Å². The summed E-state index contributed by atoms with van der Waals surface area (Å²) in [6.45, 7) is 2.87. The number of morpholine rings is 1. The molecule has 0 aliphatic carbocycles. The second-order valence-electron chi connectivity index (χ2n) is 11.0. The van der Waals surface area contributed by atoms with Crippen LogP contribution in [0, 0.1) is 0 Å². The Bertz CT molecular complexity index is 1520. The molecule has 1 aromatic heterocycles. The molecule has 2 N–H and O–H groups in total. The summed E-state index contributed by atoms with van der Waals surface area (Å²) in [5, 5.41) is 5.60. The minimum absolute atomic E-state index is 0.000713. The molecule has 0 bridgehead atoms. The molecule has 3 aromatic rings. The number of alkyl halides is 3. The second kappa shape index (κ2) is 13.7. The first-order valence-corrected chi connectivity index (χ1v) is 14.6. The summed E-state index contributed by atoms with van der Waals surface area (Å²) in [6, 6.07) is 12.0. The van der Waals surface area contributed by atoms with E-state index in [-0.39, 0.29) is 30.3 Å². The predicted molar refractivity (Wildman–Crippen MR) is 164 cm³/mol. The smallest absolute Gasteiger partial charge is 0.421 e. The van der Waals surface area contributed by atoms with Gasteiger partial charge in [0.25, 0.3) is 11.7 Å². The van der Waals surface area contributed by atoms with Crippen molar-refractivity contribution in [1.82, 2.24) is 19.8 Å². The number of nitrogens with zero attached hydrogens (tertiary/aromatic N) is 5. The van der Waals surface area contributed by atoms with Crippen molar-refractivity contribution in [1.29, 1.82) is 0 Å². The number of nitrogens with one attached hydrogen (secondary N) is 2. The van der Waals surface area contributed by atoms with Crippen molar-refractivity contribution >= 4 is 40.5 Å². The fourth-order valence-electron chi connectivity index (χ4n) is 5.43. The predicted octanol–water partition coefficient (Wildman–Crippen LogP) is 4.56. The molecule has 14 heteroatoms. The number of amides is 1. The third-order valence-corrected chi connectivity index (χ3v) is 8.00. The van der Waals surface area contributed by atoms with E-state index in [9.17, 15) is 22.8 Å². The van der Waals surface area contributed by atoms with Crippen LogP contribution in [0.2, 0.25) is 0 Å². The zero-order valence-corrected chi connectivity index (χ0v) is 25.4. The Balaban J connectivity index is 1.39. The SMILES string of the molecule is COc1cc(N2CCC(N(C)C)CC2)ccc1Nc1ncc(C(F)(F)F)c(Nc2ccccc2C(=O)C(=O)N2CCOCC2)n1. The van der Waals surface area contributed by atoms with Gasteiger partial charge in [-0.05, 0) is 51.2 Å². The van der Waals surface area contributed by atoms with E-state index in [1.165, 1.54) is 30.2 Å². The first kappa shape index (κ1) is 32.0. The maximum Gasteiger partial charge on any atom is 0.421 e. The molecule has 2 fully saturated rings. The number of halogens is 3. The summed E-state index contributed by atoms with van der Waals surface area (Å²) >= 11 is 0. The Labute approximate surface area is 259 Å². The molecule has 0 spiro atoms. The molecule has 3 heterocycles. The van der Waals surface area contributed by atoms with Crippen LogP contribution >= 0.6 is 0 Å². The molecule has 2 aliphatic heterocycles. The van der Waals surface area contributed by atoms with Gasteiger partial charge in [0, 0.05) is 50.2 Å². The van der Waals surface area contributed by atoms with Crippen LogP contribution in [0.15, 0.2) is 48.7 Å². The summed E-state index contributed by atoms with van der Waals surface area (Å²) in [7, 11) is 5.68. The molecule has 0 radical (unpaired) electrons. The van der Waals surface area contributed by atoms with E-state index in [2.05, 4.69) is 44.5 Å². The van der Waals surface area contributed by atoms with E-state index < -0.39 is 29.2 Å². The lowest BCUT2D eigenvalue weighted by atomic mass is 10.0. The highest BCUT2D eigenvalue weighted by Gasteiger charge is 2.36. The number of aromatic nitrogens is 2. The van der Waals surface area contributed by atoms with Crippen LogP contribution in [-0.4, -0.2) is 98.1 Å². The quantitative estimate of drug-likeness (QED) is 0.259. The van der Waals surface area contributed by atoms with Crippen LogP contribution in [0.3, 0.4) is 0 Å². The Morgan fingerprint density at radius 1 is 1.00 bits per heavy atom. The van der Waals surface area contributed by atoms with E-state index in [4.69, 9.17) is 9.47 Å². The number of hydrogen-bond donors (Lipinski definition) is 2. The Kier molecular flexibility index (Phi) is 9.73. The van der Waals surface area contributed by atoms with Gasteiger partial charge >= 0.3 is 6.18 Å². The number of para-hydroxylation sites is 1. The largest absolute Gasteiger partial charge is 0.494 e. The zero-order chi connectivity index (χ0) is 32.1. The molecule has 2 saturated heterocycles. The summed E-state index contributed by atoms with van der Waals surface area (Å²) in [5.41, 5.74) is 0.208. The lowest BCUT2D eigenvalue weighted by Crippen LogP contribution is -2.44. The molecule has 0 atom stereocenters. The monoisotopic (exact) mass is 627 g/mol. The number of ether oxygens (including phenoxy) is 2. The van der Waals surface area contributed by atoms with E-state index in [1.54, 1.807) is 12.1 Å². The summed E-state index contributed by atoms with van der Waals surface area (Å²) in [4.78, 5) is 39.9. The molecular formula is C31H36F3N7O4. The molecule has 5 rings (SSSR count). The van der Waals surface area contributed by atoms with Crippen LogP contribution in [0.25, 0.3) is 0 Å². The third-order valence-electron chi connectivity index (χ3n) is 8.00. The van der Waals surface area contributed by atoms with Gasteiger partial charge in [0.1, 0.15) is 17.1 Å². The highest BCUT2D eigenvalue weighted by molar-refractivity contribution is 6.43. The summed E-state index contributed by atoms with van der Waals surface area (Å²) in [6.07, 6.45) is -2.08. The standard InChI is InChI=1S/C31H36F3N7O4/c1-39(2)20-10-12-40(13-11-20)21-8-9-25(26(18-21)44-3)37-30-35-19-23(31(32,33)34)28(38-30)36-24-7-5-4-6-22(24)27(42)29(43)41-14-16-45-17-15-41/h4-9,18-20H,10-17H2,1-3H3,(H2,35,36,37,38). The van der Waals surface area contributed by atoms with Gasteiger partial charge in [-0.2, -0.15) is 18.2 Å². The van der Waals surface area contributed by atoms with Gasteiger partial charge in [0.2, 0.25) is 5.95 Å². The lowest BCUT2D eigenvalue weighted by molar-refractivity contribution is -0.137. The number of carbonyl (C=O) groups is 2. The summed E-state index contributed by atoms with van der Waals surface area (Å²) < 4.78 is 53.0. The van der Waals surface area contributed by atoms with E-state index in [0.717, 1.165) is 31.6 Å². The number of hydrogen-bond acceptors (Lipinski definition) is 10. The van der Waals surface area contributed by atoms with Crippen molar-refractivity contribution in [3.05, 3.63) is 59.8 Å². The Morgan fingerprint density at radius 2 is 1.71 bits per heavy atom. The van der Waals surface area contributed by atoms with Gasteiger partial charge in [-0.15, -0.1) is 0 Å². The topological polar surface area (TPSA) is 112 Å². The van der Waals surface area contributed by atoms with Crippen LogP contribution in [0.4, 0.5) is 42.0 Å². The van der Waals surface area contributed by atoms with Crippen molar-refractivity contribution < 1.29 is 32.2 Å². The van der Waals surface area contributed by atoms with Gasteiger partial charge in [0.05, 0.1) is 37.3 Å². The van der Waals surface area contributed by atoms with Gasteiger partial charge < -0.3 is 34.8 Å². The molecule has 0 unspecified atom stereocenters. The van der Waals surface area contributed by atoms with Crippen LogP contribution in [0.5, 0.6) is 5.75 Å². The van der Waals surface area contributed by atoms with Crippen molar-refractivity contribution in [2.45, 2.75) is 25.1 Å². The second-order valence-corrected chi connectivity index (χ2v) is 11.0. The van der Waals surface area contributed by atoms with E-state index in [0.29, 0.717) is 36.9 Å².